The van der Waals surface area contributed by atoms with E-state index >= 15 is 0 Å². The molecule has 4 unspecified atom stereocenters. The second kappa shape index (κ2) is 4.72. The van der Waals surface area contributed by atoms with Crippen molar-refractivity contribution in [2.75, 3.05) is 6.61 Å². The molecule has 2 rings (SSSR count). The Morgan fingerprint density at radius 3 is 2.88 bits per heavy atom. The van der Waals surface area contributed by atoms with E-state index in [1.165, 1.54) is 0 Å². The summed E-state index contributed by atoms with van der Waals surface area (Å²) in [5.74, 6) is 0.256. The van der Waals surface area contributed by atoms with Gasteiger partial charge in [-0.25, -0.2) is 0 Å². The maximum absolute atomic E-state index is 12.1. The van der Waals surface area contributed by atoms with Gasteiger partial charge in [-0.05, 0) is 33.1 Å². The first kappa shape index (κ1) is 11.9. The molecule has 0 aliphatic carbocycles. The third-order valence-electron chi connectivity index (χ3n) is 3.64. The Bertz CT molecular complexity index is 270. The molecule has 4 heteroatoms. The van der Waals surface area contributed by atoms with Crippen molar-refractivity contribution in [1.29, 1.82) is 0 Å². The SMILES string of the molecule is CCC1NC(C)C(=O)N1C1CCOC(C)C1. The van der Waals surface area contributed by atoms with E-state index in [2.05, 4.69) is 24.1 Å². The van der Waals surface area contributed by atoms with E-state index in [0.29, 0.717) is 6.04 Å². The van der Waals surface area contributed by atoms with Gasteiger partial charge in [-0.2, -0.15) is 0 Å². The molecule has 0 aromatic carbocycles. The van der Waals surface area contributed by atoms with Crippen molar-refractivity contribution in [3.8, 4) is 0 Å². The zero-order valence-corrected chi connectivity index (χ0v) is 10.4. The van der Waals surface area contributed by atoms with Gasteiger partial charge < -0.3 is 9.64 Å². The number of hydrogen-bond donors (Lipinski definition) is 1. The third-order valence-corrected chi connectivity index (χ3v) is 3.64. The molecule has 0 bridgehead atoms. The largest absolute Gasteiger partial charge is 0.378 e. The molecule has 4 atom stereocenters. The Kier molecular flexibility index (Phi) is 3.50. The van der Waals surface area contributed by atoms with E-state index in [-0.39, 0.29) is 24.2 Å². The van der Waals surface area contributed by atoms with Gasteiger partial charge in [-0.1, -0.05) is 6.92 Å². The van der Waals surface area contributed by atoms with Crippen LogP contribution >= 0.6 is 0 Å². The van der Waals surface area contributed by atoms with Gasteiger partial charge in [-0.3, -0.25) is 10.1 Å². The zero-order chi connectivity index (χ0) is 11.7. The van der Waals surface area contributed by atoms with E-state index in [0.717, 1.165) is 25.9 Å². The molecule has 16 heavy (non-hydrogen) atoms. The van der Waals surface area contributed by atoms with Crippen LogP contribution in [-0.4, -0.2) is 41.8 Å². The molecule has 0 aromatic rings. The number of hydrogen-bond acceptors (Lipinski definition) is 3. The fourth-order valence-electron chi connectivity index (χ4n) is 2.79. The summed E-state index contributed by atoms with van der Waals surface area (Å²) in [4.78, 5) is 14.2. The minimum Gasteiger partial charge on any atom is -0.378 e. The molecule has 2 aliphatic rings. The van der Waals surface area contributed by atoms with Crippen LogP contribution in [0.25, 0.3) is 0 Å². The second-order valence-corrected chi connectivity index (χ2v) is 4.92. The van der Waals surface area contributed by atoms with Crippen LogP contribution in [0.2, 0.25) is 0 Å². The van der Waals surface area contributed by atoms with Gasteiger partial charge in [0.05, 0.1) is 18.3 Å². The number of amides is 1. The van der Waals surface area contributed by atoms with Gasteiger partial charge in [0.1, 0.15) is 0 Å². The monoisotopic (exact) mass is 226 g/mol. The summed E-state index contributed by atoms with van der Waals surface area (Å²) in [7, 11) is 0. The quantitative estimate of drug-likeness (QED) is 0.767. The fraction of sp³-hybridized carbons (Fsp3) is 0.917. The van der Waals surface area contributed by atoms with Crippen molar-refractivity contribution in [2.45, 2.75) is 64.4 Å². The van der Waals surface area contributed by atoms with Gasteiger partial charge in [0.25, 0.3) is 0 Å². The van der Waals surface area contributed by atoms with Crippen LogP contribution in [-0.2, 0) is 9.53 Å². The highest BCUT2D eigenvalue weighted by molar-refractivity contribution is 5.84. The first-order valence-electron chi connectivity index (χ1n) is 6.33. The molecule has 2 aliphatic heterocycles. The van der Waals surface area contributed by atoms with E-state index in [1.807, 2.05) is 6.92 Å². The number of nitrogens with one attached hydrogen (secondary N) is 1. The number of nitrogens with zero attached hydrogens (tertiary/aromatic N) is 1. The summed E-state index contributed by atoms with van der Waals surface area (Å²) in [5, 5.41) is 3.35. The van der Waals surface area contributed by atoms with E-state index in [4.69, 9.17) is 4.74 Å². The Labute approximate surface area is 97.3 Å². The number of rotatable bonds is 2. The van der Waals surface area contributed by atoms with Crippen LogP contribution in [0.15, 0.2) is 0 Å². The highest BCUT2D eigenvalue weighted by Crippen LogP contribution is 2.25. The lowest BCUT2D eigenvalue weighted by Crippen LogP contribution is -2.48. The van der Waals surface area contributed by atoms with Gasteiger partial charge in [0.2, 0.25) is 5.91 Å². The summed E-state index contributed by atoms with van der Waals surface area (Å²) in [5.41, 5.74) is 0. The smallest absolute Gasteiger partial charge is 0.240 e. The van der Waals surface area contributed by atoms with E-state index in [9.17, 15) is 4.79 Å². The molecule has 2 saturated heterocycles. The molecule has 2 heterocycles. The van der Waals surface area contributed by atoms with Crippen molar-refractivity contribution in [3.63, 3.8) is 0 Å². The lowest BCUT2D eigenvalue weighted by atomic mass is 10.0. The number of ether oxygens (including phenoxy) is 1. The summed E-state index contributed by atoms with van der Waals surface area (Å²) < 4.78 is 5.54. The molecule has 92 valence electrons. The molecule has 2 fully saturated rings. The standard InChI is InChI=1S/C12H22N2O2/c1-4-11-13-9(3)12(15)14(11)10-5-6-16-8(2)7-10/h8-11,13H,4-7H2,1-3H3. The van der Waals surface area contributed by atoms with Crippen LogP contribution in [0.5, 0.6) is 0 Å². The average molecular weight is 226 g/mol. The molecular weight excluding hydrogens is 204 g/mol. The predicted octanol–water partition coefficient (Wildman–Crippen LogP) is 1.11. The molecule has 0 aromatic heterocycles. The Morgan fingerprint density at radius 2 is 2.25 bits per heavy atom. The first-order valence-corrected chi connectivity index (χ1v) is 6.33. The molecular formula is C12H22N2O2. The fourth-order valence-corrected chi connectivity index (χ4v) is 2.79. The minimum atomic E-state index is -0.0249. The molecule has 1 N–H and O–H groups in total. The molecule has 1 amide bonds. The lowest BCUT2D eigenvalue weighted by Gasteiger charge is -2.37. The minimum absolute atomic E-state index is 0.0249. The molecule has 0 saturated carbocycles. The van der Waals surface area contributed by atoms with Crippen LogP contribution in [0.1, 0.15) is 40.0 Å². The first-order chi connectivity index (χ1) is 7.63. The van der Waals surface area contributed by atoms with Crippen molar-refractivity contribution in [3.05, 3.63) is 0 Å². The van der Waals surface area contributed by atoms with Crippen LogP contribution in [0.3, 0.4) is 0 Å². The number of carbonyl (C=O) groups excluding carboxylic acids is 1. The van der Waals surface area contributed by atoms with Crippen LogP contribution in [0, 0.1) is 0 Å². The highest BCUT2D eigenvalue weighted by atomic mass is 16.5. The second-order valence-electron chi connectivity index (χ2n) is 4.92. The Balaban J connectivity index is 2.08. The molecule has 0 spiro atoms. The van der Waals surface area contributed by atoms with Crippen molar-refractivity contribution >= 4 is 5.91 Å². The van der Waals surface area contributed by atoms with Crippen molar-refractivity contribution in [1.82, 2.24) is 10.2 Å². The zero-order valence-electron chi connectivity index (χ0n) is 10.4. The highest BCUT2D eigenvalue weighted by Gasteiger charge is 2.40. The third kappa shape index (κ3) is 2.09. The van der Waals surface area contributed by atoms with E-state index in [1.54, 1.807) is 0 Å². The van der Waals surface area contributed by atoms with Crippen LogP contribution < -0.4 is 5.32 Å². The summed E-state index contributed by atoms with van der Waals surface area (Å²) in [6.07, 6.45) is 3.41. The van der Waals surface area contributed by atoms with Gasteiger partial charge in [0.15, 0.2) is 0 Å². The topological polar surface area (TPSA) is 41.6 Å². The summed E-state index contributed by atoms with van der Waals surface area (Å²) in [6.45, 7) is 6.94. The summed E-state index contributed by atoms with van der Waals surface area (Å²) in [6, 6.07) is 0.335. The molecule has 0 radical (unpaired) electrons. The van der Waals surface area contributed by atoms with Gasteiger partial charge in [0, 0.05) is 12.6 Å². The van der Waals surface area contributed by atoms with Crippen LogP contribution in [0.4, 0.5) is 0 Å². The van der Waals surface area contributed by atoms with Crippen molar-refractivity contribution in [2.24, 2.45) is 0 Å². The number of carbonyl (C=O) groups is 1. The van der Waals surface area contributed by atoms with Crippen molar-refractivity contribution < 1.29 is 9.53 Å². The molecule has 4 nitrogen and oxygen atoms in total. The normalized spacial score (nSPS) is 40.4. The predicted molar refractivity (Wildman–Crippen MR) is 62.0 cm³/mol. The summed E-state index contributed by atoms with van der Waals surface area (Å²) >= 11 is 0. The Hall–Kier alpha value is -0.610. The lowest BCUT2D eigenvalue weighted by molar-refractivity contribution is -0.135. The van der Waals surface area contributed by atoms with Gasteiger partial charge >= 0.3 is 0 Å². The maximum atomic E-state index is 12.1. The Morgan fingerprint density at radius 1 is 1.50 bits per heavy atom. The van der Waals surface area contributed by atoms with E-state index < -0.39 is 0 Å². The maximum Gasteiger partial charge on any atom is 0.240 e. The average Bonchev–Trinajstić information content (AvgIpc) is 2.55. The van der Waals surface area contributed by atoms with Gasteiger partial charge in [-0.15, -0.1) is 0 Å².